The van der Waals surface area contributed by atoms with E-state index in [4.69, 9.17) is 5.73 Å². The van der Waals surface area contributed by atoms with Gasteiger partial charge in [0.2, 0.25) is 5.91 Å². The zero-order valence-corrected chi connectivity index (χ0v) is 10.5. The normalized spacial score (nSPS) is 36.8. The smallest absolute Gasteiger partial charge is 0.227 e. The van der Waals surface area contributed by atoms with E-state index in [1.807, 2.05) is 0 Å². The van der Waals surface area contributed by atoms with Gasteiger partial charge in [0.05, 0.1) is 5.41 Å². The van der Waals surface area contributed by atoms with Gasteiger partial charge in [-0.05, 0) is 31.1 Å². The molecule has 0 spiro atoms. The molecule has 0 aromatic carbocycles. The van der Waals surface area contributed by atoms with Crippen molar-refractivity contribution in [1.29, 1.82) is 0 Å². The molecule has 3 nitrogen and oxygen atoms in total. The maximum Gasteiger partial charge on any atom is 0.227 e. The molecule has 1 amide bonds. The van der Waals surface area contributed by atoms with Gasteiger partial charge < -0.3 is 11.1 Å². The molecule has 0 bridgehead atoms. The van der Waals surface area contributed by atoms with Crippen LogP contribution < -0.4 is 11.1 Å². The third-order valence-corrected chi connectivity index (χ3v) is 4.75. The summed E-state index contributed by atoms with van der Waals surface area (Å²) in [7, 11) is 0. The molecule has 0 saturated heterocycles. The van der Waals surface area contributed by atoms with Crippen LogP contribution in [0.2, 0.25) is 0 Å². The van der Waals surface area contributed by atoms with Crippen LogP contribution in [0.1, 0.15) is 46.0 Å². The first kappa shape index (κ1) is 11.9. The Morgan fingerprint density at radius 3 is 2.62 bits per heavy atom. The van der Waals surface area contributed by atoms with Gasteiger partial charge >= 0.3 is 0 Å². The highest BCUT2D eigenvalue weighted by molar-refractivity contribution is 5.85. The van der Waals surface area contributed by atoms with Crippen molar-refractivity contribution in [2.75, 3.05) is 6.54 Å². The Morgan fingerprint density at radius 1 is 1.38 bits per heavy atom. The van der Waals surface area contributed by atoms with Crippen molar-refractivity contribution < 1.29 is 4.79 Å². The molecule has 2 saturated carbocycles. The van der Waals surface area contributed by atoms with Crippen LogP contribution >= 0.6 is 0 Å². The lowest BCUT2D eigenvalue weighted by atomic mass is 9.78. The molecule has 3 N–H and O–H groups in total. The van der Waals surface area contributed by atoms with E-state index in [1.54, 1.807) is 0 Å². The first-order valence-electron chi connectivity index (χ1n) is 6.60. The Morgan fingerprint density at radius 2 is 2.06 bits per heavy atom. The van der Waals surface area contributed by atoms with Crippen LogP contribution in [-0.4, -0.2) is 18.5 Å². The van der Waals surface area contributed by atoms with Gasteiger partial charge in [0.25, 0.3) is 0 Å². The SMILES string of the molecule is CC1CCCC(NC(=O)C2(CN)CC2)C1C. The largest absolute Gasteiger partial charge is 0.353 e. The summed E-state index contributed by atoms with van der Waals surface area (Å²) in [5.74, 6) is 1.54. The molecule has 0 radical (unpaired) electrons. The summed E-state index contributed by atoms with van der Waals surface area (Å²) in [5, 5.41) is 3.23. The Kier molecular flexibility index (Phi) is 3.24. The third kappa shape index (κ3) is 2.10. The van der Waals surface area contributed by atoms with Gasteiger partial charge in [-0.1, -0.05) is 26.7 Å². The minimum atomic E-state index is -0.194. The zero-order chi connectivity index (χ0) is 11.8. The number of carbonyl (C=O) groups excluding carboxylic acids is 1. The molecule has 92 valence electrons. The van der Waals surface area contributed by atoms with Gasteiger partial charge in [-0.3, -0.25) is 4.79 Å². The van der Waals surface area contributed by atoms with E-state index in [1.165, 1.54) is 12.8 Å². The average molecular weight is 224 g/mol. The Balaban J connectivity index is 1.91. The first-order valence-corrected chi connectivity index (χ1v) is 6.60. The summed E-state index contributed by atoms with van der Waals surface area (Å²) in [6, 6.07) is 0.375. The minimum absolute atomic E-state index is 0.194. The fourth-order valence-electron chi connectivity index (χ4n) is 2.78. The van der Waals surface area contributed by atoms with Crippen molar-refractivity contribution in [2.24, 2.45) is 23.0 Å². The van der Waals surface area contributed by atoms with Gasteiger partial charge in [-0.25, -0.2) is 0 Å². The van der Waals surface area contributed by atoms with E-state index < -0.39 is 0 Å². The first-order chi connectivity index (χ1) is 7.59. The van der Waals surface area contributed by atoms with Crippen LogP contribution in [0.15, 0.2) is 0 Å². The number of carbonyl (C=O) groups is 1. The average Bonchev–Trinajstić information content (AvgIpc) is 3.05. The Hall–Kier alpha value is -0.570. The van der Waals surface area contributed by atoms with E-state index in [0.717, 1.165) is 25.2 Å². The molecule has 3 unspecified atom stereocenters. The van der Waals surface area contributed by atoms with Crippen LogP contribution in [0.5, 0.6) is 0 Å². The number of nitrogens with one attached hydrogen (secondary N) is 1. The molecule has 0 heterocycles. The standard InChI is InChI=1S/C13H24N2O/c1-9-4-3-5-11(10(9)2)15-12(16)13(8-14)6-7-13/h9-11H,3-8,14H2,1-2H3,(H,15,16). The van der Waals surface area contributed by atoms with Gasteiger partial charge in [0.1, 0.15) is 0 Å². The van der Waals surface area contributed by atoms with Crippen molar-refractivity contribution in [1.82, 2.24) is 5.32 Å². The summed E-state index contributed by atoms with van der Waals surface area (Å²) in [6.45, 7) is 5.06. The lowest BCUT2D eigenvalue weighted by molar-refractivity contribution is -0.127. The summed E-state index contributed by atoms with van der Waals surface area (Å²) in [4.78, 5) is 12.1. The number of hydrogen-bond acceptors (Lipinski definition) is 2. The van der Waals surface area contributed by atoms with Crippen LogP contribution in [-0.2, 0) is 4.79 Å². The number of rotatable bonds is 3. The van der Waals surface area contributed by atoms with Crippen molar-refractivity contribution in [3.05, 3.63) is 0 Å². The molecular weight excluding hydrogens is 200 g/mol. The topological polar surface area (TPSA) is 55.1 Å². The van der Waals surface area contributed by atoms with Crippen LogP contribution in [0.25, 0.3) is 0 Å². The number of hydrogen-bond donors (Lipinski definition) is 2. The lowest BCUT2D eigenvalue weighted by Crippen LogP contribution is -2.47. The fraction of sp³-hybridized carbons (Fsp3) is 0.923. The van der Waals surface area contributed by atoms with Crippen molar-refractivity contribution >= 4 is 5.91 Å². The van der Waals surface area contributed by atoms with E-state index in [2.05, 4.69) is 19.2 Å². The second-order valence-electron chi connectivity index (χ2n) is 5.83. The molecule has 2 rings (SSSR count). The van der Waals surface area contributed by atoms with E-state index in [9.17, 15) is 4.79 Å². The molecule has 0 aromatic heterocycles. The Bertz CT molecular complexity index is 273. The molecule has 0 aliphatic heterocycles. The highest BCUT2D eigenvalue weighted by Crippen LogP contribution is 2.45. The second kappa shape index (κ2) is 4.36. The maximum atomic E-state index is 12.1. The van der Waals surface area contributed by atoms with E-state index in [0.29, 0.717) is 18.5 Å². The molecule has 2 fully saturated rings. The molecule has 0 aromatic rings. The highest BCUT2D eigenvalue weighted by Gasteiger charge is 2.49. The monoisotopic (exact) mass is 224 g/mol. The van der Waals surface area contributed by atoms with Crippen molar-refractivity contribution in [3.8, 4) is 0 Å². The van der Waals surface area contributed by atoms with Crippen molar-refractivity contribution in [2.45, 2.75) is 52.0 Å². The number of nitrogens with two attached hydrogens (primary N) is 1. The van der Waals surface area contributed by atoms with Gasteiger partial charge in [0, 0.05) is 12.6 Å². The van der Waals surface area contributed by atoms with E-state index >= 15 is 0 Å². The summed E-state index contributed by atoms with van der Waals surface area (Å²) in [6.07, 6.45) is 5.64. The zero-order valence-electron chi connectivity index (χ0n) is 10.5. The summed E-state index contributed by atoms with van der Waals surface area (Å²) < 4.78 is 0. The predicted octanol–water partition coefficient (Wildman–Crippen LogP) is 1.67. The minimum Gasteiger partial charge on any atom is -0.353 e. The maximum absolute atomic E-state index is 12.1. The molecule has 3 heteroatoms. The second-order valence-corrected chi connectivity index (χ2v) is 5.83. The third-order valence-electron chi connectivity index (χ3n) is 4.75. The molecule has 2 aliphatic carbocycles. The van der Waals surface area contributed by atoms with Gasteiger partial charge in [0.15, 0.2) is 0 Å². The predicted molar refractivity (Wildman–Crippen MR) is 64.8 cm³/mol. The van der Waals surface area contributed by atoms with Crippen LogP contribution in [0.4, 0.5) is 0 Å². The summed E-state index contributed by atoms with van der Waals surface area (Å²) >= 11 is 0. The summed E-state index contributed by atoms with van der Waals surface area (Å²) in [5.41, 5.74) is 5.48. The molecular formula is C13H24N2O. The Labute approximate surface area is 98.2 Å². The van der Waals surface area contributed by atoms with Gasteiger partial charge in [-0.15, -0.1) is 0 Å². The molecule has 16 heavy (non-hydrogen) atoms. The fourth-order valence-corrected chi connectivity index (χ4v) is 2.78. The quantitative estimate of drug-likeness (QED) is 0.766. The molecule has 3 atom stereocenters. The lowest BCUT2D eigenvalue weighted by Gasteiger charge is -2.35. The van der Waals surface area contributed by atoms with Crippen LogP contribution in [0.3, 0.4) is 0 Å². The number of amides is 1. The van der Waals surface area contributed by atoms with E-state index in [-0.39, 0.29) is 11.3 Å². The van der Waals surface area contributed by atoms with Gasteiger partial charge in [-0.2, -0.15) is 0 Å². The highest BCUT2D eigenvalue weighted by atomic mass is 16.2. The van der Waals surface area contributed by atoms with Crippen molar-refractivity contribution in [3.63, 3.8) is 0 Å². The molecule has 2 aliphatic rings. The van der Waals surface area contributed by atoms with Crippen LogP contribution in [0, 0.1) is 17.3 Å².